The normalized spacial score (nSPS) is 14.6. The van der Waals surface area contributed by atoms with Gasteiger partial charge in [-0.25, -0.2) is 9.83 Å². The molecule has 0 unspecified atom stereocenters. The van der Waals surface area contributed by atoms with Crippen molar-refractivity contribution in [2.45, 2.75) is 19.4 Å². The molecule has 6 nitrogen and oxygen atoms in total. The summed E-state index contributed by atoms with van der Waals surface area (Å²) in [6, 6.07) is 16.4. The van der Waals surface area contributed by atoms with E-state index >= 15 is 0 Å². The second-order valence-electron chi connectivity index (χ2n) is 9.16. The summed E-state index contributed by atoms with van der Waals surface area (Å²) in [7, 11) is 2.01. The van der Waals surface area contributed by atoms with Crippen molar-refractivity contribution >= 4 is 27.6 Å². The fraction of sp³-hybridized carbons (Fsp3) is 0.250. The van der Waals surface area contributed by atoms with Crippen LogP contribution in [0.1, 0.15) is 12.8 Å². The minimum atomic E-state index is 0.642. The highest BCUT2D eigenvalue weighted by Crippen LogP contribution is 2.38. The van der Waals surface area contributed by atoms with Gasteiger partial charge >= 0.3 is 0 Å². The molecule has 168 valence electrons. The van der Waals surface area contributed by atoms with Gasteiger partial charge in [0.05, 0.1) is 41.3 Å². The summed E-state index contributed by atoms with van der Waals surface area (Å²) in [5, 5.41) is 4.65. The number of rotatable bonds is 4. The van der Waals surface area contributed by atoms with Crippen LogP contribution in [0.25, 0.3) is 49.2 Å². The minimum Gasteiger partial charge on any atom is -0.346 e. The van der Waals surface area contributed by atoms with Crippen LogP contribution in [-0.2, 0) is 13.6 Å². The van der Waals surface area contributed by atoms with Crippen LogP contribution in [0.5, 0.6) is 0 Å². The van der Waals surface area contributed by atoms with Crippen molar-refractivity contribution in [3.05, 3.63) is 78.7 Å². The maximum atomic E-state index is 7.33. The number of imidazole rings is 1. The Labute approximate surface area is 198 Å². The molecule has 5 aromatic rings. The highest BCUT2D eigenvalue weighted by Gasteiger charge is 2.19. The molecule has 0 saturated carbocycles. The van der Waals surface area contributed by atoms with E-state index in [-0.39, 0.29) is 0 Å². The van der Waals surface area contributed by atoms with Crippen LogP contribution in [0.3, 0.4) is 0 Å². The van der Waals surface area contributed by atoms with Gasteiger partial charge in [-0.3, -0.25) is 4.98 Å². The van der Waals surface area contributed by atoms with Gasteiger partial charge in [-0.2, -0.15) is 0 Å². The SMILES string of the molecule is [C-]#[N+]c1ccc(-c2c(-c3ccc4c(c3)ncn4C)ncc3c2ccn3CC2CCNCC2)cc1. The molecule has 4 heterocycles. The summed E-state index contributed by atoms with van der Waals surface area (Å²) in [4.78, 5) is 13.1. The molecule has 0 bridgehead atoms. The Hall–Kier alpha value is -3.95. The fourth-order valence-corrected chi connectivity index (χ4v) is 5.16. The number of benzene rings is 2. The zero-order valence-corrected chi connectivity index (χ0v) is 19.2. The van der Waals surface area contributed by atoms with Crippen molar-refractivity contribution in [2.75, 3.05) is 13.1 Å². The van der Waals surface area contributed by atoms with Gasteiger partial charge < -0.3 is 14.5 Å². The second-order valence-corrected chi connectivity index (χ2v) is 9.16. The number of nitrogens with zero attached hydrogens (tertiary/aromatic N) is 5. The first kappa shape index (κ1) is 20.6. The molecule has 3 aromatic heterocycles. The van der Waals surface area contributed by atoms with E-state index < -0.39 is 0 Å². The maximum Gasteiger partial charge on any atom is 0.187 e. The van der Waals surface area contributed by atoms with E-state index in [4.69, 9.17) is 11.6 Å². The summed E-state index contributed by atoms with van der Waals surface area (Å²) in [6.45, 7) is 10.5. The largest absolute Gasteiger partial charge is 0.346 e. The van der Waals surface area contributed by atoms with Crippen LogP contribution in [-0.4, -0.2) is 32.2 Å². The number of aromatic nitrogens is 4. The predicted octanol–water partition coefficient (Wildman–Crippen LogP) is 5.81. The molecular formula is C28H26N6. The third kappa shape index (κ3) is 3.55. The van der Waals surface area contributed by atoms with E-state index in [1.165, 1.54) is 18.2 Å². The molecule has 34 heavy (non-hydrogen) atoms. The van der Waals surface area contributed by atoms with Crippen molar-refractivity contribution in [2.24, 2.45) is 13.0 Å². The molecule has 6 heteroatoms. The molecule has 6 rings (SSSR count). The Morgan fingerprint density at radius 3 is 2.59 bits per heavy atom. The van der Waals surface area contributed by atoms with Gasteiger partial charge in [-0.05, 0) is 55.6 Å². The molecule has 1 N–H and O–H groups in total. The first-order valence-electron chi connectivity index (χ1n) is 11.8. The van der Waals surface area contributed by atoms with Crippen LogP contribution < -0.4 is 5.32 Å². The number of hydrogen-bond acceptors (Lipinski definition) is 3. The Kier molecular flexibility index (Phi) is 5.12. The van der Waals surface area contributed by atoms with Crippen LogP contribution in [0, 0.1) is 12.5 Å². The number of aryl methyl sites for hydroxylation is 1. The Morgan fingerprint density at radius 2 is 1.79 bits per heavy atom. The molecule has 2 aromatic carbocycles. The van der Waals surface area contributed by atoms with Gasteiger partial charge in [0.1, 0.15) is 0 Å². The average Bonchev–Trinajstić information content (AvgIpc) is 3.47. The van der Waals surface area contributed by atoms with E-state index in [1.807, 2.05) is 48.4 Å². The van der Waals surface area contributed by atoms with Crippen molar-refractivity contribution in [1.82, 2.24) is 24.4 Å². The lowest BCUT2D eigenvalue weighted by Gasteiger charge is -2.23. The van der Waals surface area contributed by atoms with Crippen LogP contribution in [0.4, 0.5) is 5.69 Å². The van der Waals surface area contributed by atoms with Gasteiger partial charge in [-0.15, -0.1) is 0 Å². The van der Waals surface area contributed by atoms with Crippen molar-refractivity contribution in [3.8, 4) is 22.4 Å². The summed E-state index contributed by atoms with van der Waals surface area (Å²) >= 11 is 0. The lowest BCUT2D eigenvalue weighted by molar-refractivity contribution is 0.337. The third-order valence-corrected chi connectivity index (χ3v) is 7.03. The lowest BCUT2D eigenvalue weighted by atomic mass is 9.95. The van der Waals surface area contributed by atoms with Crippen molar-refractivity contribution < 1.29 is 0 Å². The molecule has 1 aliphatic heterocycles. The van der Waals surface area contributed by atoms with E-state index in [2.05, 4.69) is 50.2 Å². The minimum absolute atomic E-state index is 0.642. The quantitative estimate of drug-likeness (QED) is 0.355. The van der Waals surface area contributed by atoms with Gasteiger partial charge in [0.25, 0.3) is 0 Å². The standard InChI is InChI=1S/C28H26N6/c1-29-22-6-3-20(4-7-22)27-23-11-14-34(17-19-9-12-30-13-10-19)26(23)16-31-28(27)21-5-8-25-24(15-21)32-18-33(25)2/h3-8,11,14-16,18-19,30H,9-10,12-13,17H2,2H3. The highest BCUT2D eigenvalue weighted by atomic mass is 15.0. The molecule has 0 spiro atoms. The summed E-state index contributed by atoms with van der Waals surface area (Å²) in [5.41, 5.74) is 8.02. The number of nitrogens with one attached hydrogen (secondary N) is 1. The topological polar surface area (TPSA) is 52.0 Å². The van der Waals surface area contributed by atoms with E-state index in [0.717, 1.165) is 58.6 Å². The number of piperidine rings is 1. The van der Waals surface area contributed by atoms with Gasteiger partial charge in [-0.1, -0.05) is 30.3 Å². The lowest BCUT2D eigenvalue weighted by Crippen LogP contribution is -2.29. The molecule has 1 saturated heterocycles. The van der Waals surface area contributed by atoms with Gasteiger partial charge in [0, 0.05) is 36.3 Å². The predicted molar refractivity (Wildman–Crippen MR) is 137 cm³/mol. The van der Waals surface area contributed by atoms with Crippen LogP contribution in [0.2, 0.25) is 0 Å². The van der Waals surface area contributed by atoms with E-state index in [0.29, 0.717) is 11.6 Å². The molecule has 0 amide bonds. The molecular weight excluding hydrogens is 420 g/mol. The number of fused-ring (bicyclic) bond motifs is 2. The second kappa shape index (κ2) is 8.44. The Morgan fingerprint density at radius 1 is 1.00 bits per heavy atom. The van der Waals surface area contributed by atoms with Crippen LogP contribution in [0.15, 0.2) is 67.3 Å². The molecule has 0 aliphatic carbocycles. The smallest absolute Gasteiger partial charge is 0.187 e. The molecule has 1 aliphatic rings. The van der Waals surface area contributed by atoms with Gasteiger partial charge in [0.15, 0.2) is 5.69 Å². The highest BCUT2D eigenvalue weighted by molar-refractivity contribution is 6.02. The Balaban J connectivity index is 1.52. The first-order chi connectivity index (χ1) is 16.7. The summed E-state index contributed by atoms with van der Waals surface area (Å²) in [5.74, 6) is 0.685. The molecule has 0 radical (unpaired) electrons. The monoisotopic (exact) mass is 446 g/mol. The molecule has 1 fully saturated rings. The Bertz CT molecular complexity index is 1530. The zero-order valence-electron chi connectivity index (χ0n) is 19.2. The van der Waals surface area contributed by atoms with Crippen molar-refractivity contribution in [3.63, 3.8) is 0 Å². The van der Waals surface area contributed by atoms with Gasteiger partial charge in [0.2, 0.25) is 0 Å². The van der Waals surface area contributed by atoms with Crippen molar-refractivity contribution in [1.29, 1.82) is 0 Å². The fourth-order valence-electron chi connectivity index (χ4n) is 5.16. The van der Waals surface area contributed by atoms with E-state index in [1.54, 1.807) is 0 Å². The maximum absolute atomic E-state index is 7.33. The average molecular weight is 447 g/mol. The zero-order chi connectivity index (χ0) is 23.1. The van der Waals surface area contributed by atoms with Crippen LogP contribution >= 0.6 is 0 Å². The number of pyridine rings is 1. The summed E-state index contributed by atoms with van der Waals surface area (Å²) < 4.78 is 4.39. The molecule has 0 atom stereocenters. The van der Waals surface area contributed by atoms with E-state index in [9.17, 15) is 0 Å². The summed E-state index contributed by atoms with van der Waals surface area (Å²) in [6.07, 6.45) is 8.48. The number of hydrogen-bond donors (Lipinski definition) is 1. The third-order valence-electron chi connectivity index (χ3n) is 7.03. The first-order valence-corrected chi connectivity index (χ1v) is 11.8.